The molecule has 0 saturated heterocycles. The van der Waals surface area contributed by atoms with Crippen LogP contribution in [0.4, 0.5) is 5.82 Å². The maximum absolute atomic E-state index is 11.9. The summed E-state index contributed by atoms with van der Waals surface area (Å²) in [5.74, 6) is 0.200. The Morgan fingerprint density at radius 3 is 2.65 bits per heavy atom. The number of rotatable bonds is 2. The molecule has 0 spiro atoms. The Balaban J connectivity index is 2.20. The van der Waals surface area contributed by atoms with Crippen LogP contribution in [0.15, 0.2) is 46.9 Å². The number of hydrogen-bond donors (Lipinski definition) is 1. The molecule has 1 N–H and O–H groups in total. The summed E-state index contributed by atoms with van der Waals surface area (Å²) in [5.41, 5.74) is 0.550. The van der Waals surface area contributed by atoms with E-state index in [4.69, 9.17) is 11.6 Å². The first kappa shape index (κ1) is 12.1. The number of nitrogens with one attached hydrogen (secondary N) is 1. The van der Waals surface area contributed by atoms with Gasteiger partial charge in [-0.15, -0.1) is 0 Å². The van der Waals surface area contributed by atoms with E-state index in [-0.39, 0.29) is 5.91 Å². The molecule has 86 valence electrons. The van der Waals surface area contributed by atoms with Gasteiger partial charge in [-0.1, -0.05) is 29.8 Å². The molecule has 0 bridgehead atoms. The first-order chi connectivity index (χ1) is 8.16. The number of halogens is 2. The van der Waals surface area contributed by atoms with E-state index in [1.165, 1.54) is 0 Å². The van der Waals surface area contributed by atoms with Gasteiger partial charge >= 0.3 is 0 Å². The van der Waals surface area contributed by atoms with Crippen LogP contribution in [0.3, 0.4) is 0 Å². The fraction of sp³-hybridized carbons (Fsp3) is 0. The zero-order valence-electron chi connectivity index (χ0n) is 8.65. The predicted octanol–water partition coefficient (Wildman–Crippen LogP) is 3.75. The van der Waals surface area contributed by atoms with Crippen molar-refractivity contribution in [3.63, 3.8) is 0 Å². The molecule has 3 nitrogen and oxygen atoms in total. The molecule has 17 heavy (non-hydrogen) atoms. The summed E-state index contributed by atoms with van der Waals surface area (Å²) in [4.78, 5) is 15.9. The summed E-state index contributed by atoms with van der Waals surface area (Å²) in [6, 6.07) is 12.2. The lowest BCUT2D eigenvalue weighted by atomic mass is 10.2. The smallest absolute Gasteiger partial charge is 0.257 e. The van der Waals surface area contributed by atoms with Gasteiger partial charge in [0.05, 0.1) is 5.56 Å². The molecule has 1 aromatic carbocycles. The molecule has 1 amide bonds. The van der Waals surface area contributed by atoms with Gasteiger partial charge in [-0.25, -0.2) is 4.98 Å². The number of anilines is 1. The van der Waals surface area contributed by atoms with Crippen molar-refractivity contribution >= 4 is 39.3 Å². The Kier molecular flexibility index (Phi) is 3.76. The van der Waals surface area contributed by atoms with Gasteiger partial charge in [0.2, 0.25) is 0 Å². The topological polar surface area (TPSA) is 42.0 Å². The minimum atomic E-state index is -0.229. The summed E-state index contributed by atoms with van der Waals surface area (Å²) in [5, 5.41) is 3.02. The summed E-state index contributed by atoms with van der Waals surface area (Å²) < 4.78 is 0.736. The van der Waals surface area contributed by atoms with E-state index in [1.54, 1.807) is 36.4 Å². The average molecular weight is 312 g/mol. The van der Waals surface area contributed by atoms with E-state index in [0.29, 0.717) is 16.5 Å². The van der Waals surface area contributed by atoms with Crippen LogP contribution in [-0.4, -0.2) is 10.9 Å². The maximum Gasteiger partial charge on any atom is 0.257 e. The Bertz CT molecular complexity index is 560. The highest BCUT2D eigenvalue weighted by atomic mass is 79.9. The molecule has 0 radical (unpaired) electrons. The van der Waals surface area contributed by atoms with E-state index in [0.717, 1.165) is 4.47 Å². The minimum Gasteiger partial charge on any atom is -0.306 e. The number of benzene rings is 1. The summed E-state index contributed by atoms with van der Waals surface area (Å²) in [6.07, 6.45) is 0. The minimum absolute atomic E-state index is 0.229. The molecule has 0 fully saturated rings. The van der Waals surface area contributed by atoms with Gasteiger partial charge < -0.3 is 5.32 Å². The predicted molar refractivity (Wildman–Crippen MR) is 71.3 cm³/mol. The van der Waals surface area contributed by atoms with Crippen LogP contribution in [0.2, 0.25) is 5.15 Å². The van der Waals surface area contributed by atoms with Crippen LogP contribution in [0.25, 0.3) is 0 Å². The molecule has 0 aliphatic carbocycles. The SMILES string of the molecule is O=C(Nc1cccc(Cl)n1)c1ccccc1Br. The number of aromatic nitrogens is 1. The highest BCUT2D eigenvalue weighted by Crippen LogP contribution is 2.17. The van der Waals surface area contributed by atoms with Crippen LogP contribution >= 0.6 is 27.5 Å². The van der Waals surface area contributed by atoms with Crippen LogP contribution in [0, 0.1) is 0 Å². The molecule has 0 unspecified atom stereocenters. The number of hydrogen-bond acceptors (Lipinski definition) is 2. The van der Waals surface area contributed by atoms with Crippen molar-refractivity contribution in [1.29, 1.82) is 0 Å². The molecule has 0 saturated carbocycles. The second kappa shape index (κ2) is 5.29. The fourth-order valence-corrected chi connectivity index (χ4v) is 1.94. The molecule has 2 aromatic rings. The normalized spacial score (nSPS) is 10.0. The molecule has 5 heteroatoms. The Morgan fingerprint density at radius 1 is 1.18 bits per heavy atom. The lowest BCUT2D eigenvalue weighted by Gasteiger charge is -2.05. The van der Waals surface area contributed by atoms with Crippen molar-refractivity contribution in [3.8, 4) is 0 Å². The van der Waals surface area contributed by atoms with E-state index in [1.807, 2.05) is 6.07 Å². The lowest BCUT2D eigenvalue weighted by molar-refractivity contribution is 0.102. The highest BCUT2D eigenvalue weighted by Gasteiger charge is 2.09. The maximum atomic E-state index is 11.9. The average Bonchev–Trinajstić information content (AvgIpc) is 2.29. The van der Waals surface area contributed by atoms with Gasteiger partial charge in [-0.3, -0.25) is 4.79 Å². The van der Waals surface area contributed by atoms with E-state index in [9.17, 15) is 4.79 Å². The summed E-state index contributed by atoms with van der Waals surface area (Å²) in [7, 11) is 0. The molecule has 0 atom stereocenters. The monoisotopic (exact) mass is 310 g/mol. The number of amides is 1. The molecule has 0 aliphatic heterocycles. The van der Waals surface area contributed by atoms with E-state index < -0.39 is 0 Å². The quantitative estimate of drug-likeness (QED) is 0.858. The van der Waals surface area contributed by atoms with Crippen LogP contribution in [0.1, 0.15) is 10.4 Å². The zero-order valence-corrected chi connectivity index (χ0v) is 11.0. The molecular weight excluding hydrogens is 304 g/mol. The Hall–Kier alpha value is -1.39. The first-order valence-corrected chi connectivity index (χ1v) is 6.02. The van der Waals surface area contributed by atoms with Crippen LogP contribution in [0.5, 0.6) is 0 Å². The van der Waals surface area contributed by atoms with Gasteiger partial charge in [-0.2, -0.15) is 0 Å². The number of nitrogens with zero attached hydrogens (tertiary/aromatic N) is 1. The summed E-state index contributed by atoms with van der Waals surface area (Å²) >= 11 is 9.05. The van der Waals surface area contributed by atoms with Crippen molar-refractivity contribution in [1.82, 2.24) is 4.98 Å². The Labute approximate surface area is 112 Å². The number of pyridine rings is 1. The van der Waals surface area contributed by atoms with Gasteiger partial charge in [-0.05, 0) is 40.2 Å². The molecular formula is C12H8BrClN2O. The molecule has 2 rings (SSSR count). The molecule has 0 aliphatic rings. The standard InChI is InChI=1S/C12H8BrClN2O/c13-9-5-2-1-4-8(9)12(17)16-11-7-3-6-10(14)15-11/h1-7H,(H,15,16,17). The number of carbonyl (C=O) groups is 1. The largest absolute Gasteiger partial charge is 0.306 e. The van der Waals surface area contributed by atoms with Gasteiger partial charge in [0.25, 0.3) is 5.91 Å². The lowest BCUT2D eigenvalue weighted by Crippen LogP contribution is -2.13. The fourth-order valence-electron chi connectivity index (χ4n) is 1.31. The number of carbonyl (C=O) groups excluding carboxylic acids is 1. The second-order valence-corrected chi connectivity index (χ2v) is 4.52. The van der Waals surface area contributed by atoms with Gasteiger partial charge in [0.1, 0.15) is 11.0 Å². The van der Waals surface area contributed by atoms with Crippen LogP contribution in [-0.2, 0) is 0 Å². The van der Waals surface area contributed by atoms with E-state index in [2.05, 4.69) is 26.2 Å². The zero-order chi connectivity index (χ0) is 12.3. The van der Waals surface area contributed by atoms with Gasteiger partial charge in [0.15, 0.2) is 0 Å². The van der Waals surface area contributed by atoms with Crippen molar-refractivity contribution in [2.45, 2.75) is 0 Å². The van der Waals surface area contributed by atoms with Gasteiger partial charge in [0, 0.05) is 4.47 Å². The van der Waals surface area contributed by atoms with Crippen molar-refractivity contribution in [3.05, 3.63) is 57.7 Å². The second-order valence-electron chi connectivity index (χ2n) is 3.28. The van der Waals surface area contributed by atoms with E-state index >= 15 is 0 Å². The molecule has 1 heterocycles. The third kappa shape index (κ3) is 3.05. The highest BCUT2D eigenvalue weighted by molar-refractivity contribution is 9.10. The molecule has 1 aromatic heterocycles. The third-order valence-electron chi connectivity index (χ3n) is 2.08. The van der Waals surface area contributed by atoms with Crippen LogP contribution < -0.4 is 5.32 Å². The van der Waals surface area contributed by atoms with Crippen molar-refractivity contribution in [2.75, 3.05) is 5.32 Å². The third-order valence-corrected chi connectivity index (χ3v) is 2.98. The Morgan fingerprint density at radius 2 is 1.94 bits per heavy atom. The van der Waals surface area contributed by atoms with Crippen molar-refractivity contribution < 1.29 is 4.79 Å². The first-order valence-electron chi connectivity index (χ1n) is 4.85. The summed E-state index contributed by atoms with van der Waals surface area (Å²) in [6.45, 7) is 0. The van der Waals surface area contributed by atoms with Crippen molar-refractivity contribution in [2.24, 2.45) is 0 Å².